The SMILES string of the molecule is CCOC(=O)C(c1ccccc1)n1cnc(NC(=O)C(COCc2ccccc2)NC(=O)C(C)(C)N)c1. The van der Waals surface area contributed by atoms with Gasteiger partial charge in [0, 0.05) is 6.20 Å². The van der Waals surface area contributed by atoms with Crippen LogP contribution in [0.4, 0.5) is 5.82 Å². The van der Waals surface area contributed by atoms with Crippen LogP contribution < -0.4 is 16.4 Å². The lowest BCUT2D eigenvalue weighted by atomic mass is 10.1. The van der Waals surface area contributed by atoms with Gasteiger partial charge in [-0.1, -0.05) is 60.7 Å². The molecule has 196 valence electrons. The molecule has 4 N–H and O–H groups in total. The Morgan fingerprint density at radius 2 is 1.70 bits per heavy atom. The second-order valence-electron chi connectivity index (χ2n) is 9.01. The first-order valence-electron chi connectivity index (χ1n) is 12.0. The van der Waals surface area contributed by atoms with Crippen LogP contribution in [0.15, 0.2) is 73.2 Å². The number of hydrogen-bond donors (Lipinski definition) is 3. The lowest BCUT2D eigenvalue weighted by molar-refractivity contribution is -0.145. The van der Waals surface area contributed by atoms with E-state index >= 15 is 0 Å². The van der Waals surface area contributed by atoms with Crippen LogP contribution in [0.3, 0.4) is 0 Å². The van der Waals surface area contributed by atoms with Crippen molar-refractivity contribution >= 4 is 23.6 Å². The monoisotopic (exact) mass is 507 g/mol. The number of aromatic nitrogens is 2. The summed E-state index contributed by atoms with van der Waals surface area (Å²) in [4.78, 5) is 42.6. The molecule has 2 aromatic carbocycles. The standard InChI is InChI=1S/C27H33N5O5/c1-4-37-25(34)23(20-13-9-6-10-14-20)32-15-22(29-18-32)31-24(33)21(30-26(35)27(2,3)28)17-36-16-19-11-7-5-8-12-19/h5-15,18,21,23H,4,16-17,28H2,1-3H3,(H,30,35)(H,31,33). The van der Waals surface area contributed by atoms with E-state index in [9.17, 15) is 14.4 Å². The molecule has 10 heteroatoms. The molecule has 1 heterocycles. The van der Waals surface area contributed by atoms with E-state index in [4.69, 9.17) is 15.2 Å². The summed E-state index contributed by atoms with van der Waals surface area (Å²) in [5.41, 5.74) is 6.34. The number of carbonyl (C=O) groups is 3. The predicted molar refractivity (Wildman–Crippen MR) is 138 cm³/mol. The van der Waals surface area contributed by atoms with Crippen molar-refractivity contribution in [2.75, 3.05) is 18.5 Å². The van der Waals surface area contributed by atoms with Gasteiger partial charge in [0.05, 0.1) is 31.7 Å². The number of imidazole rings is 1. The Kier molecular flexibility index (Phi) is 9.53. The fourth-order valence-corrected chi connectivity index (χ4v) is 3.44. The molecule has 0 aliphatic rings. The summed E-state index contributed by atoms with van der Waals surface area (Å²) in [6.45, 7) is 5.22. The smallest absolute Gasteiger partial charge is 0.333 e. The van der Waals surface area contributed by atoms with E-state index in [2.05, 4.69) is 15.6 Å². The van der Waals surface area contributed by atoms with Crippen molar-refractivity contribution in [3.8, 4) is 0 Å². The molecule has 0 saturated carbocycles. The molecule has 0 spiro atoms. The van der Waals surface area contributed by atoms with Crippen LogP contribution in [0.5, 0.6) is 0 Å². The van der Waals surface area contributed by atoms with Crippen molar-refractivity contribution in [3.63, 3.8) is 0 Å². The molecular formula is C27H33N5O5. The van der Waals surface area contributed by atoms with Gasteiger partial charge >= 0.3 is 5.97 Å². The average molecular weight is 508 g/mol. The number of nitrogens with two attached hydrogens (primary N) is 1. The highest BCUT2D eigenvalue weighted by Gasteiger charge is 2.29. The fraction of sp³-hybridized carbons (Fsp3) is 0.333. The third-order valence-corrected chi connectivity index (χ3v) is 5.38. The van der Waals surface area contributed by atoms with Crippen molar-refractivity contribution < 1.29 is 23.9 Å². The van der Waals surface area contributed by atoms with Crippen molar-refractivity contribution in [2.45, 2.75) is 45.0 Å². The number of amides is 2. The number of hydrogen-bond acceptors (Lipinski definition) is 7. The summed E-state index contributed by atoms with van der Waals surface area (Å²) in [6, 6.07) is 16.8. The van der Waals surface area contributed by atoms with Crippen LogP contribution in [-0.4, -0.2) is 52.1 Å². The highest BCUT2D eigenvalue weighted by Crippen LogP contribution is 2.21. The van der Waals surface area contributed by atoms with Gasteiger partial charge in [0.15, 0.2) is 11.9 Å². The Hall–Kier alpha value is -4.02. The predicted octanol–water partition coefficient (Wildman–Crippen LogP) is 2.41. The summed E-state index contributed by atoms with van der Waals surface area (Å²) in [7, 11) is 0. The third kappa shape index (κ3) is 7.99. The zero-order chi connectivity index (χ0) is 26.8. The average Bonchev–Trinajstić information content (AvgIpc) is 3.32. The number of rotatable bonds is 12. The molecule has 3 aromatic rings. The number of ether oxygens (including phenoxy) is 2. The fourth-order valence-electron chi connectivity index (χ4n) is 3.44. The number of benzene rings is 2. The van der Waals surface area contributed by atoms with Crippen LogP contribution in [0, 0.1) is 0 Å². The molecule has 10 nitrogen and oxygen atoms in total. The van der Waals surface area contributed by atoms with Crippen molar-refractivity contribution in [2.24, 2.45) is 5.73 Å². The van der Waals surface area contributed by atoms with Gasteiger partial charge in [-0.05, 0) is 31.9 Å². The van der Waals surface area contributed by atoms with Crippen molar-refractivity contribution in [3.05, 3.63) is 84.3 Å². The molecule has 0 radical (unpaired) electrons. The maximum absolute atomic E-state index is 13.1. The zero-order valence-electron chi connectivity index (χ0n) is 21.2. The summed E-state index contributed by atoms with van der Waals surface area (Å²) in [5.74, 6) is -1.30. The summed E-state index contributed by atoms with van der Waals surface area (Å²) in [6.07, 6.45) is 2.97. The first-order valence-corrected chi connectivity index (χ1v) is 12.0. The Labute approximate surface area is 216 Å². The van der Waals surface area contributed by atoms with Gasteiger partial charge in [0.25, 0.3) is 5.91 Å². The maximum atomic E-state index is 13.1. The highest BCUT2D eigenvalue weighted by molar-refractivity contribution is 5.98. The molecule has 2 atom stereocenters. The Morgan fingerprint density at radius 1 is 1.05 bits per heavy atom. The van der Waals surface area contributed by atoms with Crippen LogP contribution in [0.2, 0.25) is 0 Å². The van der Waals surface area contributed by atoms with Gasteiger partial charge in [-0.15, -0.1) is 0 Å². The molecule has 1 aromatic heterocycles. The summed E-state index contributed by atoms with van der Waals surface area (Å²) >= 11 is 0. The van der Waals surface area contributed by atoms with Crippen molar-refractivity contribution in [1.82, 2.24) is 14.9 Å². The van der Waals surface area contributed by atoms with Gasteiger partial charge in [0.1, 0.15) is 6.04 Å². The van der Waals surface area contributed by atoms with Gasteiger partial charge in [-0.3, -0.25) is 9.59 Å². The van der Waals surface area contributed by atoms with Gasteiger partial charge in [-0.25, -0.2) is 9.78 Å². The van der Waals surface area contributed by atoms with Gasteiger partial charge in [-0.2, -0.15) is 0 Å². The first kappa shape index (κ1) is 27.6. The second kappa shape index (κ2) is 12.8. The van der Waals surface area contributed by atoms with E-state index in [-0.39, 0.29) is 25.6 Å². The van der Waals surface area contributed by atoms with E-state index in [1.807, 2.05) is 60.7 Å². The molecule has 2 unspecified atom stereocenters. The highest BCUT2D eigenvalue weighted by atomic mass is 16.5. The van der Waals surface area contributed by atoms with E-state index in [1.54, 1.807) is 25.3 Å². The molecule has 0 fully saturated rings. The Balaban J connectivity index is 1.74. The van der Waals surface area contributed by atoms with Gasteiger partial charge < -0.3 is 30.4 Å². The topological polar surface area (TPSA) is 138 Å². The third-order valence-electron chi connectivity index (χ3n) is 5.38. The van der Waals surface area contributed by atoms with Crippen LogP contribution in [-0.2, 0) is 30.5 Å². The molecule has 3 rings (SSSR count). The largest absolute Gasteiger partial charge is 0.464 e. The minimum atomic E-state index is -1.19. The molecular weight excluding hydrogens is 474 g/mol. The van der Waals surface area contributed by atoms with Crippen LogP contribution in [0.25, 0.3) is 0 Å². The quantitative estimate of drug-likeness (QED) is 0.320. The molecule has 0 bridgehead atoms. The normalized spacial score (nSPS) is 12.9. The zero-order valence-corrected chi connectivity index (χ0v) is 21.2. The molecule has 2 amide bonds. The minimum absolute atomic E-state index is 0.0846. The summed E-state index contributed by atoms with van der Waals surface area (Å²) in [5, 5.41) is 5.33. The Bertz CT molecular complexity index is 1170. The molecule has 0 saturated heterocycles. The lowest BCUT2D eigenvalue weighted by Gasteiger charge is -2.23. The van der Waals surface area contributed by atoms with E-state index in [0.717, 1.165) is 5.56 Å². The second-order valence-corrected chi connectivity index (χ2v) is 9.01. The number of nitrogens with one attached hydrogen (secondary N) is 2. The van der Waals surface area contributed by atoms with E-state index in [1.165, 1.54) is 12.5 Å². The molecule has 0 aliphatic heterocycles. The van der Waals surface area contributed by atoms with Gasteiger partial charge in [0.2, 0.25) is 5.91 Å². The molecule has 0 aliphatic carbocycles. The number of nitrogens with zero attached hydrogens (tertiary/aromatic N) is 2. The van der Waals surface area contributed by atoms with Crippen LogP contribution in [0.1, 0.15) is 37.9 Å². The van der Waals surface area contributed by atoms with E-state index < -0.39 is 35.4 Å². The minimum Gasteiger partial charge on any atom is -0.464 e. The van der Waals surface area contributed by atoms with Crippen molar-refractivity contribution in [1.29, 1.82) is 0 Å². The van der Waals surface area contributed by atoms with Crippen LogP contribution >= 0.6 is 0 Å². The Morgan fingerprint density at radius 3 is 2.32 bits per heavy atom. The molecule has 37 heavy (non-hydrogen) atoms. The lowest BCUT2D eigenvalue weighted by Crippen LogP contribution is -2.56. The summed E-state index contributed by atoms with van der Waals surface area (Å²) < 4.78 is 12.5. The first-order chi connectivity index (χ1) is 17.7. The number of anilines is 1. The number of esters is 1. The number of carbonyl (C=O) groups excluding carboxylic acids is 3. The maximum Gasteiger partial charge on any atom is 0.333 e. The van der Waals surface area contributed by atoms with E-state index in [0.29, 0.717) is 5.56 Å².